The number of hydrogen-bond donors (Lipinski definition) is 2. The van der Waals surface area contributed by atoms with Crippen molar-refractivity contribution in [1.82, 2.24) is 15.1 Å². The molecule has 0 bridgehead atoms. The van der Waals surface area contributed by atoms with Gasteiger partial charge in [0.05, 0.1) is 6.67 Å². The molecule has 2 aromatic carbocycles. The van der Waals surface area contributed by atoms with Crippen LogP contribution < -0.4 is 15.5 Å². The summed E-state index contributed by atoms with van der Waals surface area (Å²) >= 11 is 0. The molecule has 2 aromatic rings. The van der Waals surface area contributed by atoms with Crippen LogP contribution in [0.25, 0.3) is 0 Å². The molecular formula is C32H45N5O3. The number of carbonyl (C=O) groups is 3. The first-order chi connectivity index (χ1) is 19.2. The van der Waals surface area contributed by atoms with Crippen LogP contribution in [-0.4, -0.2) is 66.0 Å². The number of amides is 4. The van der Waals surface area contributed by atoms with Crippen LogP contribution >= 0.6 is 0 Å². The van der Waals surface area contributed by atoms with Crippen molar-refractivity contribution in [2.45, 2.75) is 77.7 Å². The zero-order valence-electron chi connectivity index (χ0n) is 24.7. The van der Waals surface area contributed by atoms with E-state index in [1.54, 1.807) is 4.90 Å². The third-order valence-corrected chi connectivity index (χ3v) is 8.25. The number of rotatable bonds is 9. The minimum atomic E-state index is -0.777. The average molecular weight is 548 g/mol. The van der Waals surface area contributed by atoms with Crippen molar-refractivity contribution >= 4 is 29.2 Å². The molecule has 2 aliphatic rings. The van der Waals surface area contributed by atoms with Gasteiger partial charge in [-0.3, -0.25) is 9.59 Å². The van der Waals surface area contributed by atoms with Gasteiger partial charge < -0.3 is 25.3 Å². The van der Waals surface area contributed by atoms with Gasteiger partial charge in [-0.05, 0) is 54.4 Å². The molecule has 0 atom stereocenters. The Kier molecular flexibility index (Phi) is 9.38. The predicted molar refractivity (Wildman–Crippen MR) is 161 cm³/mol. The highest BCUT2D eigenvalue weighted by molar-refractivity contribution is 5.97. The Bertz CT molecular complexity index is 1160. The molecule has 8 heteroatoms. The summed E-state index contributed by atoms with van der Waals surface area (Å²) in [6.45, 7) is 12.6. The maximum atomic E-state index is 13.9. The lowest BCUT2D eigenvalue weighted by Crippen LogP contribution is -2.58. The van der Waals surface area contributed by atoms with Gasteiger partial charge in [0.15, 0.2) is 0 Å². The Morgan fingerprint density at radius 2 is 1.55 bits per heavy atom. The molecule has 1 spiro atoms. The summed E-state index contributed by atoms with van der Waals surface area (Å²) in [5.74, 6) is 0.390. The zero-order valence-corrected chi connectivity index (χ0v) is 24.7. The van der Waals surface area contributed by atoms with Gasteiger partial charge in [0.25, 0.3) is 5.91 Å². The van der Waals surface area contributed by atoms with Gasteiger partial charge >= 0.3 is 6.03 Å². The highest BCUT2D eigenvalue weighted by Crippen LogP contribution is 2.40. The standard InChI is InChI=1S/C32H45N5O3/c1-6-7-18-33-28(38)21-36-22-37(25-12-9-8-10-13-25)32(30(36)39)16-19-35(20-17-32)31(40)34-29-26(23(2)3)14-11-15-27(29)24(4)5/h8-15,23-24H,6-7,16-22H2,1-5H3,(H,33,38)(H,34,40). The minimum absolute atomic E-state index is 0.0331. The molecule has 0 radical (unpaired) electrons. The molecule has 2 aliphatic heterocycles. The maximum Gasteiger partial charge on any atom is 0.321 e. The summed E-state index contributed by atoms with van der Waals surface area (Å²) in [5.41, 5.74) is 3.33. The molecule has 0 saturated carbocycles. The highest BCUT2D eigenvalue weighted by Gasteiger charge is 2.54. The largest absolute Gasteiger partial charge is 0.355 e. The van der Waals surface area contributed by atoms with E-state index in [1.165, 1.54) is 0 Å². The first-order valence-corrected chi connectivity index (χ1v) is 14.8. The molecule has 2 heterocycles. The van der Waals surface area contributed by atoms with Gasteiger partial charge in [0.1, 0.15) is 12.1 Å². The van der Waals surface area contributed by atoms with Crippen LogP contribution in [0.3, 0.4) is 0 Å². The van der Waals surface area contributed by atoms with Crippen molar-refractivity contribution in [3.05, 3.63) is 59.7 Å². The average Bonchev–Trinajstić information content (AvgIpc) is 3.19. The first-order valence-electron chi connectivity index (χ1n) is 14.8. The zero-order chi connectivity index (χ0) is 28.9. The fraction of sp³-hybridized carbons (Fsp3) is 0.531. The van der Waals surface area contributed by atoms with Gasteiger partial charge in [-0.1, -0.05) is 77.4 Å². The van der Waals surface area contributed by atoms with Crippen molar-refractivity contribution in [3.63, 3.8) is 0 Å². The van der Waals surface area contributed by atoms with Crippen LogP contribution in [0.5, 0.6) is 0 Å². The van der Waals surface area contributed by atoms with Gasteiger partial charge in [0, 0.05) is 31.0 Å². The minimum Gasteiger partial charge on any atom is -0.355 e. The van der Waals surface area contributed by atoms with Crippen molar-refractivity contribution in [3.8, 4) is 0 Å². The molecule has 2 saturated heterocycles. The number of carbonyl (C=O) groups excluding carboxylic acids is 3. The summed E-state index contributed by atoms with van der Waals surface area (Å²) < 4.78 is 0. The van der Waals surface area contributed by atoms with Crippen LogP contribution in [0.2, 0.25) is 0 Å². The van der Waals surface area contributed by atoms with E-state index in [2.05, 4.69) is 68.4 Å². The number of hydrogen-bond acceptors (Lipinski definition) is 4. The van der Waals surface area contributed by atoms with E-state index in [4.69, 9.17) is 0 Å². The molecule has 8 nitrogen and oxygen atoms in total. The Morgan fingerprint density at radius 1 is 0.925 bits per heavy atom. The number of unbranched alkanes of at least 4 members (excludes halogenated alkanes) is 1. The van der Waals surface area contributed by atoms with Crippen molar-refractivity contribution in [1.29, 1.82) is 0 Å². The number of likely N-dealkylation sites (tertiary alicyclic amines) is 1. The summed E-state index contributed by atoms with van der Waals surface area (Å²) in [5, 5.41) is 6.16. The molecule has 216 valence electrons. The van der Waals surface area contributed by atoms with E-state index in [0.717, 1.165) is 35.3 Å². The highest BCUT2D eigenvalue weighted by atomic mass is 16.2. The van der Waals surface area contributed by atoms with Gasteiger partial charge in [-0.25, -0.2) is 4.79 Å². The lowest BCUT2D eigenvalue weighted by molar-refractivity contribution is -0.137. The van der Waals surface area contributed by atoms with E-state index in [9.17, 15) is 14.4 Å². The first kappa shape index (κ1) is 29.4. The molecular weight excluding hydrogens is 502 g/mol. The smallest absolute Gasteiger partial charge is 0.321 e. The Labute approximate surface area is 239 Å². The quantitative estimate of drug-likeness (QED) is 0.405. The van der Waals surface area contributed by atoms with Crippen molar-refractivity contribution in [2.24, 2.45) is 0 Å². The molecule has 40 heavy (non-hydrogen) atoms. The Morgan fingerprint density at radius 3 is 2.12 bits per heavy atom. The lowest BCUT2D eigenvalue weighted by atomic mass is 9.85. The number of piperidine rings is 1. The topological polar surface area (TPSA) is 85.0 Å². The molecule has 2 fully saturated rings. The number of nitrogens with one attached hydrogen (secondary N) is 2. The number of anilines is 2. The van der Waals surface area contributed by atoms with Crippen molar-refractivity contribution in [2.75, 3.05) is 43.1 Å². The van der Waals surface area contributed by atoms with Crippen molar-refractivity contribution < 1.29 is 14.4 Å². The normalized spacial score (nSPS) is 16.8. The summed E-state index contributed by atoms with van der Waals surface area (Å²) in [4.78, 5) is 45.7. The maximum absolute atomic E-state index is 13.9. The second-order valence-electron chi connectivity index (χ2n) is 11.7. The van der Waals surface area contributed by atoms with Crippen LogP contribution in [-0.2, 0) is 9.59 Å². The SMILES string of the molecule is CCCCNC(=O)CN1CN(c2ccccc2)C2(CCN(C(=O)Nc3c(C(C)C)cccc3C(C)C)CC2)C1=O. The summed E-state index contributed by atoms with van der Waals surface area (Å²) in [6.07, 6.45) is 2.92. The fourth-order valence-corrected chi connectivity index (χ4v) is 5.92. The summed E-state index contributed by atoms with van der Waals surface area (Å²) in [7, 11) is 0. The molecule has 4 rings (SSSR count). The third kappa shape index (κ3) is 6.11. The number of nitrogens with zero attached hydrogens (tertiary/aromatic N) is 3. The number of benzene rings is 2. The van der Waals surface area contributed by atoms with E-state index in [1.807, 2.05) is 35.2 Å². The van der Waals surface area contributed by atoms with Crippen LogP contribution in [0, 0.1) is 0 Å². The van der Waals surface area contributed by atoms with E-state index < -0.39 is 5.54 Å². The van der Waals surface area contributed by atoms with Crippen LogP contribution in [0.15, 0.2) is 48.5 Å². The second-order valence-corrected chi connectivity index (χ2v) is 11.7. The predicted octanol–water partition coefficient (Wildman–Crippen LogP) is 5.52. The lowest BCUT2D eigenvalue weighted by Gasteiger charge is -2.43. The number of para-hydroxylation sites is 2. The van der Waals surface area contributed by atoms with Crippen LogP contribution in [0.1, 0.15) is 83.3 Å². The monoisotopic (exact) mass is 547 g/mol. The molecule has 0 aromatic heterocycles. The number of urea groups is 1. The molecule has 4 amide bonds. The van der Waals surface area contributed by atoms with E-state index in [-0.39, 0.29) is 36.2 Å². The van der Waals surface area contributed by atoms with E-state index in [0.29, 0.717) is 39.1 Å². The van der Waals surface area contributed by atoms with Gasteiger partial charge in [0.2, 0.25) is 5.91 Å². The Balaban J connectivity index is 1.51. The molecule has 0 unspecified atom stereocenters. The fourth-order valence-electron chi connectivity index (χ4n) is 5.92. The van der Waals surface area contributed by atoms with Gasteiger partial charge in [-0.15, -0.1) is 0 Å². The molecule has 2 N–H and O–H groups in total. The molecule has 0 aliphatic carbocycles. The third-order valence-electron chi connectivity index (χ3n) is 8.25. The summed E-state index contributed by atoms with van der Waals surface area (Å²) in [6, 6.07) is 16.0. The van der Waals surface area contributed by atoms with Crippen LogP contribution in [0.4, 0.5) is 16.2 Å². The Hall–Kier alpha value is -3.55. The second kappa shape index (κ2) is 12.7. The van der Waals surface area contributed by atoms with E-state index >= 15 is 0 Å². The van der Waals surface area contributed by atoms with Gasteiger partial charge in [-0.2, -0.15) is 0 Å².